The molecule has 3 saturated heterocycles. The van der Waals surface area contributed by atoms with Gasteiger partial charge in [-0.3, -0.25) is 10.2 Å². The number of nitrogens with one attached hydrogen (secondary N) is 3. The van der Waals surface area contributed by atoms with Crippen molar-refractivity contribution >= 4 is 11.7 Å². The third kappa shape index (κ3) is 3.94. The van der Waals surface area contributed by atoms with Gasteiger partial charge in [0.05, 0.1) is 30.6 Å². The van der Waals surface area contributed by atoms with E-state index in [1.807, 2.05) is 25.8 Å². The van der Waals surface area contributed by atoms with Gasteiger partial charge >= 0.3 is 6.01 Å². The van der Waals surface area contributed by atoms with Crippen LogP contribution in [-0.2, 0) is 4.79 Å². The smallest absolute Gasteiger partial charge is 0.318 e. The summed E-state index contributed by atoms with van der Waals surface area (Å²) in [6.07, 6.45) is 1.05. The van der Waals surface area contributed by atoms with Crippen molar-refractivity contribution in [3.63, 3.8) is 0 Å². The number of anilines is 1. The van der Waals surface area contributed by atoms with Crippen LogP contribution in [0.3, 0.4) is 0 Å². The van der Waals surface area contributed by atoms with Crippen molar-refractivity contribution in [2.45, 2.75) is 57.0 Å². The van der Waals surface area contributed by atoms with E-state index in [-0.39, 0.29) is 36.6 Å². The minimum Gasteiger partial charge on any atom is -0.464 e. The van der Waals surface area contributed by atoms with Crippen molar-refractivity contribution in [3.05, 3.63) is 12.0 Å². The fraction of sp³-hybridized carbons (Fsp3) is 0.750. The SMILES string of the molecule is CCOc1ncc(F)c(NC2NNC3C2CN(C(=O)C2(F)CCN(C)CC2)C3(C)C)n1. The number of carbonyl (C=O) groups is 1. The molecule has 3 atom stereocenters. The molecule has 172 valence electrons. The zero-order valence-electron chi connectivity index (χ0n) is 18.4. The third-order valence-electron chi connectivity index (χ3n) is 6.80. The molecular weight excluding hydrogens is 408 g/mol. The Morgan fingerprint density at radius 2 is 2.06 bits per heavy atom. The van der Waals surface area contributed by atoms with E-state index in [0.717, 1.165) is 6.20 Å². The molecule has 3 unspecified atom stereocenters. The van der Waals surface area contributed by atoms with Gasteiger partial charge in [0.1, 0.15) is 0 Å². The van der Waals surface area contributed by atoms with E-state index in [1.54, 1.807) is 11.8 Å². The molecular formula is C20H31F2N7O2. The average molecular weight is 440 g/mol. The summed E-state index contributed by atoms with van der Waals surface area (Å²) in [4.78, 5) is 24.9. The summed E-state index contributed by atoms with van der Waals surface area (Å²) < 4.78 is 35.1. The molecule has 0 spiro atoms. The van der Waals surface area contributed by atoms with Crippen molar-refractivity contribution in [2.75, 3.05) is 38.6 Å². The predicted molar refractivity (Wildman–Crippen MR) is 110 cm³/mol. The van der Waals surface area contributed by atoms with Crippen LogP contribution in [0.5, 0.6) is 6.01 Å². The van der Waals surface area contributed by atoms with Gasteiger partial charge in [0, 0.05) is 38.4 Å². The highest BCUT2D eigenvalue weighted by Gasteiger charge is 2.58. The highest BCUT2D eigenvalue weighted by molar-refractivity contribution is 5.86. The van der Waals surface area contributed by atoms with E-state index in [1.165, 1.54) is 0 Å². The van der Waals surface area contributed by atoms with Gasteiger partial charge in [0.2, 0.25) is 0 Å². The number of hydrazine groups is 1. The Balaban J connectivity index is 1.51. The number of piperidine rings is 1. The van der Waals surface area contributed by atoms with Gasteiger partial charge in [-0.25, -0.2) is 19.2 Å². The Labute approximate surface area is 180 Å². The maximum atomic E-state index is 15.6. The normalized spacial score (nSPS) is 29.6. The zero-order valence-corrected chi connectivity index (χ0v) is 18.4. The van der Waals surface area contributed by atoms with Crippen molar-refractivity contribution < 1.29 is 18.3 Å². The lowest BCUT2D eigenvalue weighted by molar-refractivity contribution is -0.151. The number of alkyl halides is 1. The van der Waals surface area contributed by atoms with E-state index >= 15 is 4.39 Å². The molecule has 1 amide bonds. The Morgan fingerprint density at radius 3 is 2.74 bits per heavy atom. The van der Waals surface area contributed by atoms with Crippen LogP contribution in [-0.4, -0.2) is 82.4 Å². The van der Waals surface area contributed by atoms with E-state index in [9.17, 15) is 9.18 Å². The van der Waals surface area contributed by atoms with E-state index < -0.39 is 29.1 Å². The highest BCUT2D eigenvalue weighted by Crippen LogP contribution is 2.41. The van der Waals surface area contributed by atoms with Gasteiger partial charge in [-0.15, -0.1) is 0 Å². The largest absolute Gasteiger partial charge is 0.464 e. The minimum absolute atomic E-state index is 0.0123. The third-order valence-corrected chi connectivity index (χ3v) is 6.80. The van der Waals surface area contributed by atoms with E-state index in [2.05, 4.69) is 26.1 Å². The van der Waals surface area contributed by atoms with Gasteiger partial charge in [-0.05, 0) is 27.8 Å². The summed E-state index contributed by atoms with van der Waals surface area (Å²) in [6, 6.07) is -0.0563. The van der Waals surface area contributed by atoms with Crippen LogP contribution in [0, 0.1) is 11.7 Å². The lowest BCUT2D eigenvalue weighted by Gasteiger charge is -2.41. The molecule has 4 heterocycles. The molecule has 3 fully saturated rings. The molecule has 3 aliphatic heterocycles. The summed E-state index contributed by atoms with van der Waals surface area (Å²) in [6.45, 7) is 7.49. The zero-order chi connectivity index (χ0) is 22.4. The Bertz CT molecular complexity index is 832. The Hall–Kier alpha value is -2.11. The van der Waals surface area contributed by atoms with Gasteiger partial charge in [-0.1, -0.05) is 0 Å². The standard InChI is InChI=1S/C20H31F2N7O2/c1-5-31-18-23-10-13(21)16(25-18)24-15-12-11-29(19(2,3)14(12)26-27-15)17(30)20(22)6-8-28(4)9-7-20/h10,12,14-15,26-27H,5-9,11H2,1-4H3,(H,23,24,25). The van der Waals surface area contributed by atoms with Crippen LogP contribution >= 0.6 is 0 Å². The quantitative estimate of drug-likeness (QED) is 0.623. The number of hydrogen-bond donors (Lipinski definition) is 3. The summed E-state index contributed by atoms with van der Waals surface area (Å²) in [5.74, 6) is -1.16. The number of likely N-dealkylation sites (tertiary alicyclic amines) is 2. The second kappa shape index (κ2) is 8.10. The maximum absolute atomic E-state index is 15.6. The minimum atomic E-state index is -1.84. The summed E-state index contributed by atoms with van der Waals surface area (Å²) >= 11 is 0. The van der Waals surface area contributed by atoms with Crippen molar-refractivity contribution in [2.24, 2.45) is 5.92 Å². The molecule has 0 bridgehead atoms. The van der Waals surface area contributed by atoms with Crippen LogP contribution in [0.4, 0.5) is 14.6 Å². The number of carbonyl (C=O) groups excluding carboxylic acids is 1. The molecule has 11 heteroatoms. The van der Waals surface area contributed by atoms with Gasteiger partial charge in [0.15, 0.2) is 17.3 Å². The molecule has 0 saturated carbocycles. The first-order valence-electron chi connectivity index (χ1n) is 10.8. The molecule has 1 aromatic heterocycles. The summed E-state index contributed by atoms with van der Waals surface area (Å²) in [5.41, 5.74) is 3.88. The molecule has 0 aromatic carbocycles. The van der Waals surface area contributed by atoms with Gasteiger partial charge in [-0.2, -0.15) is 4.98 Å². The van der Waals surface area contributed by atoms with Crippen LogP contribution in [0.15, 0.2) is 6.20 Å². The fourth-order valence-corrected chi connectivity index (χ4v) is 4.83. The summed E-state index contributed by atoms with van der Waals surface area (Å²) in [5, 5.41) is 3.05. The number of halogens is 2. The fourth-order valence-electron chi connectivity index (χ4n) is 4.83. The topological polar surface area (TPSA) is 94.7 Å². The first-order valence-corrected chi connectivity index (χ1v) is 10.8. The number of aromatic nitrogens is 2. The van der Waals surface area contributed by atoms with E-state index in [0.29, 0.717) is 26.2 Å². The molecule has 31 heavy (non-hydrogen) atoms. The maximum Gasteiger partial charge on any atom is 0.318 e. The number of amides is 1. The van der Waals surface area contributed by atoms with Crippen molar-refractivity contribution in [1.82, 2.24) is 30.6 Å². The number of fused-ring (bicyclic) bond motifs is 1. The second-order valence-electron chi connectivity index (χ2n) is 9.17. The molecule has 0 radical (unpaired) electrons. The highest BCUT2D eigenvalue weighted by atomic mass is 19.1. The number of ether oxygens (including phenoxy) is 1. The second-order valence-corrected chi connectivity index (χ2v) is 9.17. The molecule has 4 rings (SSSR count). The summed E-state index contributed by atoms with van der Waals surface area (Å²) in [7, 11) is 1.93. The van der Waals surface area contributed by atoms with Crippen molar-refractivity contribution in [1.29, 1.82) is 0 Å². The van der Waals surface area contributed by atoms with Crippen LogP contribution in [0.25, 0.3) is 0 Å². The molecule has 3 N–H and O–H groups in total. The lowest BCUT2D eigenvalue weighted by Crippen LogP contribution is -2.60. The predicted octanol–water partition coefficient (Wildman–Crippen LogP) is 0.900. The van der Waals surface area contributed by atoms with Crippen LogP contribution in [0.2, 0.25) is 0 Å². The van der Waals surface area contributed by atoms with Crippen LogP contribution < -0.4 is 20.9 Å². The lowest BCUT2D eigenvalue weighted by atomic mass is 9.88. The molecule has 9 nitrogen and oxygen atoms in total. The number of nitrogens with zero attached hydrogens (tertiary/aromatic N) is 4. The first kappa shape index (κ1) is 22.1. The number of rotatable bonds is 5. The Kier molecular flexibility index (Phi) is 5.78. The molecule has 1 aromatic rings. The molecule has 0 aliphatic carbocycles. The van der Waals surface area contributed by atoms with Crippen LogP contribution in [0.1, 0.15) is 33.6 Å². The van der Waals surface area contributed by atoms with Gasteiger partial charge < -0.3 is 19.9 Å². The monoisotopic (exact) mass is 439 g/mol. The first-order chi connectivity index (χ1) is 14.7. The average Bonchev–Trinajstić information content (AvgIpc) is 3.25. The Morgan fingerprint density at radius 1 is 1.35 bits per heavy atom. The number of hydrogen-bond acceptors (Lipinski definition) is 8. The molecule has 3 aliphatic rings. The van der Waals surface area contributed by atoms with Gasteiger partial charge in [0.25, 0.3) is 5.91 Å². The van der Waals surface area contributed by atoms with E-state index in [4.69, 9.17) is 4.74 Å². The van der Waals surface area contributed by atoms with Crippen molar-refractivity contribution in [3.8, 4) is 6.01 Å².